The summed E-state index contributed by atoms with van der Waals surface area (Å²) >= 11 is 0. The maximum atomic E-state index is 11.6. The van der Waals surface area contributed by atoms with E-state index in [1.54, 1.807) is 18.2 Å². The second-order valence-corrected chi connectivity index (χ2v) is 5.34. The van der Waals surface area contributed by atoms with Crippen molar-refractivity contribution in [2.24, 2.45) is 5.92 Å². The highest BCUT2D eigenvalue weighted by Gasteiger charge is 2.11. The lowest BCUT2D eigenvalue weighted by atomic mass is 10.1. The van der Waals surface area contributed by atoms with Crippen LogP contribution in [0.2, 0.25) is 0 Å². The van der Waals surface area contributed by atoms with Gasteiger partial charge in [0.1, 0.15) is 5.69 Å². The van der Waals surface area contributed by atoms with E-state index in [0.717, 1.165) is 12.8 Å². The normalized spacial score (nSPS) is 10.4. The summed E-state index contributed by atoms with van der Waals surface area (Å²) in [6.45, 7) is 5.36. The molecule has 0 aliphatic carbocycles. The standard InChI is InChI=1S/C15H23N3O3/c1-12(2)6-5-10-17-15(19)9-11-16-13-7-3-4-8-14(13)18(20)21/h3-4,7-8,12,16H,5-6,9-11H2,1-2H3,(H,17,19). The summed E-state index contributed by atoms with van der Waals surface area (Å²) in [5.41, 5.74) is 0.463. The van der Waals surface area contributed by atoms with Crippen molar-refractivity contribution in [3.05, 3.63) is 34.4 Å². The Kier molecular flexibility index (Phi) is 7.21. The largest absolute Gasteiger partial charge is 0.379 e. The third-order valence-corrected chi connectivity index (χ3v) is 3.05. The van der Waals surface area contributed by atoms with Gasteiger partial charge in [-0.15, -0.1) is 0 Å². The number of nitrogens with zero attached hydrogens (tertiary/aromatic N) is 1. The summed E-state index contributed by atoms with van der Waals surface area (Å²) in [5.74, 6) is 0.604. The van der Waals surface area contributed by atoms with Gasteiger partial charge in [-0.1, -0.05) is 26.0 Å². The lowest BCUT2D eigenvalue weighted by Crippen LogP contribution is -2.26. The fourth-order valence-electron chi connectivity index (χ4n) is 1.92. The Morgan fingerprint density at radius 2 is 2.00 bits per heavy atom. The van der Waals surface area contributed by atoms with Gasteiger partial charge >= 0.3 is 0 Å². The number of anilines is 1. The van der Waals surface area contributed by atoms with Gasteiger partial charge in [-0.25, -0.2) is 0 Å². The van der Waals surface area contributed by atoms with E-state index >= 15 is 0 Å². The Hall–Kier alpha value is -2.11. The molecule has 2 N–H and O–H groups in total. The van der Waals surface area contributed by atoms with E-state index in [4.69, 9.17) is 0 Å². The molecular weight excluding hydrogens is 270 g/mol. The predicted octanol–water partition coefficient (Wildman–Crippen LogP) is 2.95. The zero-order chi connectivity index (χ0) is 15.7. The van der Waals surface area contributed by atoms with Crippen LogP contribution in [0.1, 0.15) is 33.1 Å². The van der Waals surface area contributed by atoms with Crippen molar-refractivity contribution in [1.29, 1.82) is 0 Å². The molecule has 0 radical (unpaired) electrons. The molecule has 0 fully saturated rings. The summed E-state index contributed by atoms with van der Waals surface area (Å²) in [7, 11) is 0. The SMILES string of the molecule is CC(C)CCCNC(=O)CCNc1ccccc1[N+](=O)[O-]. The van der Waals surface area contributed by atoms with Crippen LogP contribution >= 0.6 is 0 Å². The van der Waals surface area contributed by atoms with Crippen LogP contribution in [0.3, 0.4) is 0 Å². The molecule has 0 aromatic heterocycles. The van der Waals surface area contributed by atoms with Crippen LogP contribution in [0.5, 0.6) is 0 Å². The highest BCUT2D eigenvalue weighted by Crippen LogP contribution is 2.22. The second-order valence-electron chi connectivity index (χ2n) is 5.34. The first kappa shape index (κ1) is 16.9. The number of nitrogens with one attached hydrogen (secondary N) is 2. The monoisotopic (exact) mass is 293 g/mol. The van der Waals surface area contributed by atoms with Gasteiger partial charge in [-0.2, -0.15) is 0 Å². The molecule has 0 aliphatic heterocycles. The summed E-state index contributed by atoms with van der Waals surface area (Å²) in [4.78, 5) is 22.0. The van der Waals surface area contributed by atoms with Gasteiger partial charge in [0.2, 0.25) is 5.91 Å². The molecule has 0 unspecified atom stereocenters. The molecule has 1 amide bonds. The molecule has 0 saturated heterocycles. The zero-order valence-corrected chi connectivity index (χ0v) is 12.6. The number of hydrogen-bond donors (Lipinski definition) is 2. The number of nitro groups is 1. The van der Waals surface area contributed by atoms with Crippen LogP contribution in [-0.4, -0.2) is 23.9 Å². The molecule has 6 nitrogen and oxygen atoms in total. The summed E-state index contributed by atoms with van der Waals surface area (Å²) in [6.07, 6.45) is 2.36. The topological polar surface area (TPSA) is 84.3 Å². The Bertz CT molecular complexity index is 475. The van der Waals surface area contributed by atoms with Gasteiger partial charge in [0, 0.05) is 25.6 Å². The van der Waals surface area contributed by atoms with Crippen molar-refractivity contribution in [3.63, 3.8) is 0 Å². The first-order chi connectivity index (χ1) is 10.0. The third kappa shape index (κ3) is 6.74. The van der Waals surface area contributed by atoms with Crippen LogP contribution < -0.4 is 10.6 Å². The summed E-state index contributed by atoms with van der Waals surface area (Å²) in [6, 6.07) is 6.42. The van der Waals surface area contributed by atoms with Crippen molar-refractivity contribution in [2.75, 3.05) is 18.4 Å². The number of amides is 1. The molecule has 0 aliphatic rings. The minimum Gasteiger partial charge on any atom is -0.379 e. The molecule has 0 heterocycles. The van der Waals surface area contributed by atoms with Crippen molar-refractivity contribution < 1.29 is 9.72 Å². The van der Waals surface area contributed by atoms with Gasteiger partial charge in [-0.3, -0.25) is 14.9 Å². The van der Waals surface area contributed by atoms with Crippen LogP contribution in [0, 0.1) is 16.0 Å². The van der Waals surface area contributed by atoms with Crippen molar-refractivity contribution in [2.45, 2.75) is 33.1 Å². The van der Waals surface area contributed by atoms with Crippen molar-refractivity contribution in [1.82, 2.24) is 5.32 Å². The molecule has 0 spiro atoms. The van der Waals surface area contributed by atoms with Gasteiger partial charge in [0.25, 0.3) is 5.69 Å². The van der Waals surface area contributed by atoms with E-state index in [2.05, 4.69) is 24.5 Å². The number of benzene rings is 1. The van der Waals surface area contributed by atoms with E-state index in [1.165, 1.54) is 6.07 Å². The highest BCUT2D eigenvalue weighted by atomic mass is 16.6. The molecule has 0 bridgehead atoms. The Morgan fingerprint density at radius 3 is 2.67 bits per heavy atom. The molecular formula is C15H23N3O3. The molecule has 1 aromatic carbocycles. The Morgan fingerprint density at radius 1 is 1.29 bits per heavy atom. The molecule has 1 rings (SSSR count). The average Bonchev–Trinajstić information content (AvgIpc) is 2.44. The average molecular weight is 293 g/mol. The molecule has 116 valence electrons. The second kappa shape index (κ2) is 8.94. The number of para-hydroxylation sites is 2. The van der Waals surface area contributed by atoms with E-state index in [-0.39, 0.29) is 11.6 Å². The fraction of sp³-hybridized carbons (Fsp3) is 0.533. The van der Waals surface area contributed by atoms with Crippen LogP contribution in [0.25, 0.3) is 0 Å². The van der Waals surface area contributed by atoms with Gasteiger partial charge in [-0.05, 0) is 24.8 Å². The van der Waals surface area contributed by atoms with Gasteiger partial charge < -0.3 is 10.6 Å². The van der Waals surface area contributed by atoms with Crippen molar-refractivity contribution in [3.8, 4) is 0 Å². The minimum absolute atomic E-state index is 0.0230. The fourth-order valence-corrected chi connectivity index (χ4v) is 1.92. The van der Waals surface area contributed by atoms with Crippen LogP contribution in [-0.2, 0) is 4.79 Å². The van der Waals surface area contributed by atoms with Gasteiger partial charge in [0.05, 0.1) is 4.92 Å². The van der Waals surface area contributed by atoms with Crippen LogP contribution in [0.4, 0.5) is 11.4 Å². The maximum Gasteiger partial charge on any atom is 0.292 e. The predicted molar refractivity (Wildman–Crippen MR) is 83.3 cm³/mol. The molecule has 1 aromatic rings. The maximum absolute atomic E-state index is 11.6. The summed E-state index contributed by atoms with van der Waals surface area (Å²) < 4.78 is 0. The molecule has 6 heteroatoms. The summed E-state index contributed by atoms with van der Waals surface area (Å²) in [5, 5.41) is 16.6. The molecule has 21 heavy (non-hydrogen) atoms. The number of rotatable bonds is 9. The number of hydrogen-bond acceptors (Lipinski definition) is 4. The quantitative estimate of drug-likeness (QED) is 0.416. The lowest BCUT2D eigenvalue weighted by Gasteiger charge is -2.08. The van der Waals surface area contributed by atoms with Gasteiger partial charge in [0.15, 0.2) is 0 Å². The highest BCUT2D eigenvalue weighted by molar-refractivity contribution is 5.76. The smallest absolute Gasteiger partial charge is 0.292 e. The van der Waals surface area contributed by atoms with E-state index < -0.39 is 4.92 Å². The van der Waals surface area contributed by atoms with Crippen LogP contribution in [0.15, 0.2) is 24.3 Å². The Labute approximate surface area is 125 Å². The lowest BCUT2D eigenvalue weighted by molar-refractivity contribution is -0.384. The molecule has 0 atom stereocenters. The van der Waals surface area contributed by atoms with E-state index in [9.17, 15) is 14.9 Å². The van der Waals surface area contributed by atoms with E-state index in [0.29, 0.717) is 31.1 Å². The molecule has 0 saturated carbocycles. The number of nitro benzene ring substituents is 1. The minimum atomic E-state index is -0.436. The first-order valence-corrected chi connectivity index (χ1v) is 7.24. The van der Waals surface area contributed by atoms with Crippen molar-refractivity contribution >= 4 is 17.3 Å². The van der Waals surface area contributed by atoms with E-state index in [1.807, 2.05) is 0 Å². The first-order valence-electron chi connectivity index (χ1n) is 7.24. The number of carbonyl (C=O) groups excluding carboxylic acids is 1. The third-order valence-electron chi connectivity index (χ3n) is 3.05. The Balaban J connectivity index is 2.27. The zero-order valence-electron chi connectivity index (χ0n) is 12.6. The number of carbonyl (C=O) groups is 1.